The Bertz CT molecular complexity index is 1580. The van der Waals surface area contributed by atoms with Crippen LogP contribution >= 0.6 is 27.5 Å². The average Bonchev–Trinajstić information content (AvgIpc) is 2.93. The van der Waals surface area contributed by atoms with Crippen molar-refractivity contribution in [1.82, 2.24) is 14.9 Å². The van der Waals surface area contributed by atoms with Crippen molar-refractivity contribution in [1.29, 1.82) is 0 Å². The standard InChI is InChI=1S/C30H29BrClFN6O2/c1-18-5-4-6-19(2)27(18)36-28(40)22-17-34-30(37-29(22)41-26-10-7-20(31)15-23(26)32)35-21-8-9-25(24(33)16-21)39-13-11-38(3)12-14-39/h4-10,15-17H,11-14H2,1-3H3,(H,36,40)(H,34,35,37). The number of benzene rings is 3. The lowest BCUT2D eigenvalue weighted by molar-refractivity contribution is 0.102. The van der Waals surface area contributed by atoms with Gasteiger partial charge in [-0.15, -0.1) is 0 Å². The number of nitrogens with one attached hydrogen (secondary N) is 2. The predicted molar refractivity (Wildman–Crippen MR) is 165 cm³/mol. The highest BCUT2D eigenvalue weighted by Gasteiger charge is 2.21. The maximum Gasteiger partial charge on any atom is 0.262 e. The molecule has 4 aromatic rings. The smallest absolute Gasteiger partial charge is 0.262 e. The van der Waals surface area contributed by atoms with Crippen molar-refractivity contribution in [2.75, 3.05) is 48.8 Å². The largest absolute Gasteiger partial charge is 0.436 e. The van der Waals surface area contributed by atoms with Crippen LogP contribution in [-0.2, 0) is 0 Å². The van der Waals surface area contributed by atoms with E-state index in [1.165, 1.54) is 12.3 Å². The first-order chi connectivity index (χ1) is 19.7. The van der Waals surface area contributed by atoms with Crippen LogP contribution in [0.25, 0.3) is 0 Å². The summed E-state index contributed by atoms with van der Waals surface area (Å²) < 4.78 is 21.9. The van der Waals surface area contributed by atoms with E-state index in [-0.39, 0.29) is 23.2 Å². The molecule has 0 saturated carbocycles. The van der Waals surface area contributed by atoms with Gasteiger partial charge in [-0.25, -0.2) is 9.37 Å². The molecule has 1 amide bonds. The lowest BCUT2D eigenvalue weighted by Crippen LogP contribution is -2.44. The Morgan fingerprint density at radius 2 is 1.78 bits per heavy atom. The van der Waals surface area contributed by atoms with E-state index in [0.29, 0.717) is 27.8 Å². The molecule has 1 fully saturated rings. The van der Waals surface area contributed by atoms with Gasteiger partial charge in [0.2, 0.25) is 11.8 Å². The lowest BCUT2D eigenvalue weighted by atomic mass is 10.1. The normalized spacial score (nSPS) is 13.7. The van der Waals surface area contributed by atoms with Crippen LogP contribution in [0.15, 0.2) is 65.3 Å². The highest BCUT2D eigenvalue weighted by molar-refractivity contribution is 9.10. The first kappa shape index (κ1) is 28.8. The number of rotatable bonds is 7. The number of para-hydroxylation sites is 1. The molecule has 1 aromatic heterocycles. The quantitative estimate of drug-likeness (QED) is 0.222. The summed E-state index contributed by atoms with van der Waals surface area (Å²) in [5.41, 5.74) is 3.64. The van der Waals surface area contributed by atoms with Crippen molar-refractivity contribution in [3.05, 3.63) is 92.8 Å². The van der Waals surface area contributed by atoms with Crippen LogP contribution in [0, 0.1) is 19.7 Å². The molecule has 0 spiro atoms. The number of halogens is 3. The molecule has 2 N–H and O–H groups in total. The highest BCUT2D eigenvalue weighted by atomic mass is 79.9. The SMILES string of the molecule is Cc1cccc(C)c1NC(=O)c1cnc(Nc2ccc(N3CCN(C)CC3)c(F)c2)nc1Oc1ccc(Br)cc1Cl. The maximum atomic E-state index is 15.1. The minimum atomic E-state index is -0.445. The zero-order valence-electron chi connectivity index (χ0n) is 22.8. The number of carbonyl (C=O) groups excluding carboxylic acids is 1. The first-order valence-electron chi connectivity index (χ1n) is 13.1. The minimum Gasteiger partial charge on any atom is -0.436 e. The van der Waals surface area contributed by atoms with E-state index in [9.17, 15) is 4.79 Å². The van der Waals surface area contributed by atoms with Crippen LogP contribution in [0.4, 0.5) is 27.4 Å². The second-order valence-corrected chi connectivity index (χ2v) is 11.2. The number of piperazine rings is 1. The average molecular weight is 640 g/mol. The van der Waals surface area contributed by atoms with Crippen LogP contribution in [0.5, 0.6) is 11.6 Å². The van der Waals surface area contributed by atoms with E-state index in [0.717, 1.165) is 41.8 Å². The van der Waals surface area contributed by atoms with Crippen LogP contribution in [0.2, 0.25) is 5.02 Å². The molecule has 8 nitrogen and oxygen atoms in total. The van der Waals surface area contributed by atoms with E-state index in [2.05, 4.69) is 48.5 Å². The summed E-state index contributed by atoms with van der Waals surface area (Å²) in [6.45, 7) is 7.10. The van der Waals surface area contributed by atoms with Gasteiger partial charge in [0.15, 0.2) is 0 Å². The molecule has 41 heavy (non-hydrogen) atoms. The molecular formula is C30H29BrClFN6O2. The van der Waals surface area contributed by atoms with Gasteiger partial charge >= 0.3 is 0 Å². The van der Waals surface area contributed by atoms with Gasteiger partial charge in [-0.3, -0.25) is 4.79 Å². The van der Waals surface area contributed by atoms with E-state index >= 15 is 4.39 Å². The predicted octanol–water partition coefficient (Wildman–Crippen LogP) is 7.19. The van der Waals surface area contributed by atoms with Crippen LogP contribution < -0.4 is 20.3 Å². The summed E-state index contributed by atoms with van der Waals surface area (Å²) in [4.78, 5) is 26.5. The lowest BCUT2D eigenvalue weighted by Gasteiger charge is -2.34. The van der Waals surface area contributed by atoms with Crippen LogP contribution in [-0.4, -0.2) is 54.0 Å². The number of aromatic nitrogens is 2. The topological polar surface area (TPSA) is 82.6 Å². The summed E-state index contributed by atoms with van der Waals surface area (Å²) in [5, 5.41) is 6.30. The number of hydrogen-bond acceptors (Lipinski definition) is 7. The molecule has 0 aliphatic carbocycles. The number of nitrogens with zero attached hydrogens (tertiary/aromatic N) is 4. The van der Waals surface area contributed by atoms with Crippen molar-refractivity contribution in [2.24, 2.45) is 0 Å². The Morgan fingerprint density at radius 3 is 2.46 bits per heavy atom. The fourth-order valence-electron chi connectivity index (χ4n) is 4.53. The Hall–Kier alpha value is -3.73. The third-order valence-corrected chi connectivity index (χ3v) is 7.66. The van der Waals surface area contributed by atoms with Crippen molar-refractivity contribution in [2.45, 2.75) is 13.8 Å². The molecule has 1 aliphatic heterocycles. The number of ether oxygens (including phenoxy) is 1. The second-order valence-electron chi connectivity index (χ2n) is 9.89. The van der Waals surface area contributed by atoms with Gasteiger partial charge in [0.25, 0.3) is 5.91 Å². The molecule has 212 valence electrons. The molecule has 0 radical (unpaired) electrons. The third kappa shape index (κ3) is 6.78. The zero-order valence-corrected chi connectivity index (χ0v) is 25.2. The Balaban J connectivity index is 1.43. The molecule has 0 atom stereocenters. The molecule has 11 heteroatoms. The summed E-state index contributed by atoms with van der Waals surface area (Å²) in [7, 11) is 2.06. The Kier molecular flexibility index (Phi) is 8.72. The van der Waals surface area contributed by atoms with Gasteiger partial charge in [0.05, 0.1) is 10.7 Å². The molecule has 5 rings (SSSR count). The molecule has 0 bridgehead atoms. The summed E-state index contributed by atoms with van der Waals surface area (Å²) in [5.74, 6) is -0.362. The number of likely N-dealkylation sites (N-methyl/N-ethyl adjacent to an activating group) is 1. The fraction of sp³-hybridized carbons (Fsp3) is 0.233. The van der Waals surface area contributed by atoms with Crippen LogP contribution in [0.3, 0.4) is 0 Å². The number of aryl methyl sites for hydroxylation is 2. The third-order valence-electron chi connectivity index (χ3n) is 6.87. The van der Waals surface area contributed by atoms with Gasteiger partial charge in [-0.2, -0.15) is 4.98 Å². The van der Waals surface area contributed by atoms with E-state index < -0.39 is 5.91 Å². The van der Waals surface area contributed by atoms with E-state index in [1.54, 1.807) is 30.3 Å². The minimum absolute atomic E-state index is 0.00927. The molecule has 1 saturated heterocycles. The molecule has 2 heterocycles. The van der Waals surface area contributed by atoms with Gasteiger partial charge in [0, 0.05) is 48.2 Å². The number of carbonyl (C=O) groups is 1. The molecular weight excluding hydrogens is 611 g/mol. The molecule has 3 aromatic carbocycles. The Labute approximate surface area is 251 Å². The van der Waals surface area contributed by atoms with Crippen molar-refractivity contribution in [3.63, 3.8) is 0 Å². The summed E-state index contributed by atoms with van der Waals surface area (Å²) in [6, 6.07) is 15.8. The van der Waals surface area contributed by atoms with Gasteiger partial charge < -0.3 is 25.2 Å². The van der Waals surface area contributed by atoms with Gasteiger partial charge in [0.1, 0.15) is 17.1 Å². The van der Waals surface area contributed by atoms with Gasteiger partial charge in [-0.05, 0) is 68.4 Å². The van der Waals surface area contributed by atoms with Crippen molar-refractivity contribution < 1.29 is 13.9 Å². The first-order valence-corrected chi connectivity index (χ1v) is 14.2. The summed E-state index contributed by atoms with van der Waals surface area (Å²) >= 11 is 9.78. The van der Waals surface area contributed by atoms with Gasteiger partial charge in [-0.1, -0.05) is 45.7 Å². The summed E-state index contributed by atoms with van der Waals surface area (Å²) in [6.07, 6.45) is 1.37. The van der Waals surface area contributed by atoms with E-state index in [1.807, 2.05) is 36.9 Å². The monoisotopic (exact) mass is 638 g/mol. The number of amides is 1. The fourth-order valence-corrected chi connectivity index (χ4v) is 5.24. The second kappa shape index (κ2) is 12.4. The molecule has 0 unspecified atom stereocenters. The van der Waals surface area contributed by atoms with Crippen molar-refractivity contribution >= 4 is 56.4 Å². The number of anilines is 4. The highest BCUT2D eigenvalue weighted by Crippen LogP contribution is 2.34. The Morgan fingerprint density at radius 1 is 1.05 bits per heavy atom. The van der Waals surface area contributed by atoms with Crippen LogP contribution in [0.1, 0.15) is 21.5 Å². The maximum absolute atomic E-state index is 15.1. The zero-order chi connectivity index (χ0) is 29.1. The molecule has 1 aliphatic rings. The van der Waals surface area contributed by atoms with Crippen molar-refractivity contribution in [3.8, 4) is 11.6 Å². The van der Waals surface area contributed by atoms with E-state index in [4.69, 9.17) is 16.3 Å². The number of hydrogen-bond donors (Lipinski definition) is 2.